The SMILES string of the molecule is CCc1nnc2ccc(NC[C@@H]3CC(=O)N(C)[C@H]3c3cccnc3)nn12. The van der Waals surface area contributed by atoms with Crippen molar-refractivity contribution in [3.63, 3.8) is 0 Å². The van der Waals surface area contributed by atoms with E-state index in [4.69, 9.17) is 0 Å². The van der Waals surface area contributed by atoms with Crippen LogP contribution < -0.4 is 5.32 Å². The molecule has 1 saturated heterocycles. The molecule has 0 unspecified atom stereocenters. The number of nitrogens with one attached hydrogen (secondary N) is 1. The van der Waals surface area contributed by atoms with Crippen molar-refractivity contribution in [2.24, 2.45) is 5.92 Å². The monoisotopic (exact) mass is 351 g/mol. The Morgan fingerprint density at radius 2 is 2.15 bits per heavy atom. The number of carbonyl (C=O) groups is 1. The summed E-state index contributed by atoms with van der Waals surface area (Å²) in [6.07, 6.45) is 4.86. The number of fused-ring (bicyclic) bond motifs is 1. The molecule has 1 amide bonds. The number of pyridine rings is 1. The van der Waals surface area contributed by atoms with Crippen LogP contribution in [-0.2, 0) is 11.2 Å². The van der Waals surface area contributed by atoms with E-state index in [0.717, 1.165) is 29.3 Å². The van der Waals surface area contributed by atoms with Crippen molar-refractivity contribution in [1.82, 2.24) is 29.7 Å². The maximum Gasteiger partial charge on any atom is 0.223 e. The highest BCUT2D eigenvalue weighted by atomic mass is 16.2. The maximum absolute atomic E-state index is 12.2. The van der Waals surface area contributed by atoms with Gasteiger partial charge in [0, 0.05) is 44.7 Å². The van der Waals surface area contributed by atoms with Gasteiger partial charge in [0.25, 0.3) is 0 Å². The Balaban J connectivity index is 1.53. The first kappa shape index (κ1) is 16.4. The Hall–Kier alpha value is -3.03. The second-order valence-corrected chi connectivity index (χ2v) is 6.54. The molecule has 0 bridgehead atoms. The van der Waals surface area contributed by atoms with E-state index in [1.165, 1.54) is 0 Å². The van der Waals surface area contributed by atoms with Gasteiger partial charge in [-0.1, -0.05) is 13.0 Å². The number of amides is 1. The molecule has 0 spiro atoms. The van der Waals surface area contributed by atoms with Crippen LogP contribution in [0.15, 0.2) is 36.7 Å². The predicted octanol–water partition coefficient (Wildman–Crippen LogP) is 1.71. The molecule has 8 nitrogen and oxygen atoms in total. The number of likely N-dealkylation sites (tertiary alicyclic amines) is 1. The fourth-order valence-electron chi connectivity index (χ4n) is 3.57. The fraction of sp³-hybridized carbons (Fsp3) is 0.389. The number of hydrogen-bond acceptors (Lipinski definition) is 6. The van der Waals surface area contributed by atoms with E-state index in [9.17, 15) is 4.79 Å². The first-order chi connectivity index (χ1) is 12.7. The van der Waals surface area contributed by atoms with Crippen molar-refractivity contribution < 1.29 is 4.79 Å². The molecule has 0 radical (unpaired) electrons. The molecule has 4 rings (SSSR count). The van der Waals surface area contributed by atoms with Gasteiger partial charge in [0.15, 0.2) is 11.5 Å². The first-order valence-electron chi connectivity index (χ1n) is 8.78. The van der Waals surface area contributed by atoms with Crippen LogP contribution in [-0.4, -0.2) is 49.2 Å². The van der Waals surface area contributed by atoms with Crippen LogP contribution in [0.2, 0.25) is 0 Å². The van der Waals surface area contributed by atoms with Gasteiger partial charge in [-0.3, -0.25) is 9.78 Å². The standard InChI is InChI=1S/C18H21N7O/c1-3-15-21-22-16-7-6-14(23-25(15)16)20-11-13-9-17(26)24(2)18(13)12-5-4-8-19-10-12/h4-8,10,13,18H,3,9,11H2,1-2H3,(H,20,23)/t13-,18-/m0/s1. The Kier molecular flexibility index (Phi) is 4.24. The van der Waals surface area contributed by atoms with Gasteiger partial charge in [-0.05, 0) is 23.8 Å². The van der Waals surface area contributed by atoms with Gasteiger partial charge in [0.05, 0.1) is 6.04 Å². The van der Waals surface area contributed by atoms with Gasteiger partial charge >= 0.3 is 0 Å². The summed E-state index contributed by atoms with van der Waals surface area (Å²) in [5, 5.41) is 16.2. The van der Waals surface area contributed by atoms with E-state index in [1.54, 1.807) is 10.7 Å². The zero-order valence-corrected chi connectivity index (χ0v) is 14.8. The fourth-order valence-corrected chi connectivity index (χ4v) is 3.57. The van der Waals surface area contributed by atoms with Gasteiger partial charge in [-0.25, -0.2) is 0 Å². The molecule has 26 heavy (non-hydrogen) atoms. The lowest BCUT2D eigenvalue weighted by atomic mass is 9.95. The highest BCUT2D eigenvalue weighted by Gasteiger charge is 2.38. The summed E-state index contributed by atoms with van der Waals surface area (Å²) in [6.45, 7) is 2.68. The molecule has 3 aromatic rings. The van der Waals surface area contributed by atoms with Crippen molar-refractivity contribution >= 4 is 17.4 Å². The van der Waals surface area contributed by atoms with Crippen molar-refractivity contribution in [3.8, 4) is 0 Å². The van der Waals surface area contributed by atoms with E-state index in [-0.39, 0.29) is 17.9 Å². The van der Waals surface area contributed by atoms with Crippen LogP contribution in [0.4, 0.5) is 5.82 Å². The number of aryl methyl sites for hydroxylation is 1. The number of anilines is 1. The average Bonchev–Trinajstić information content (AvgIpc) is 3.21. The minimum Gasteiger partial charge on any atom is -0.368 e. The van der Waals surface area contributed by atoms with E-state index in [0.29, 0.717) is 13.0 Å². The minimum atomic E-state index is 0.0218. The van der Waals surface area contributed by atoms with Gasteiger partial charge in [-0.2, -0.15) is 4.52 Å². The zero-order chi connectivity index (χ0) is 18.1. The first-order valence-corrected chi connectivity index (χ1v) is 8.78. The molecule has 134 valence electrons. The van der Waals surface area contributed by atoms with Crippen LogP contribution >= 0.6 is 0 Å². The molecule has 1 aliphatic rings. The molecule has 4 heterocycles. The number of rotatable bonds is 5. The molecule has 0 aliphatic carbocycles. The number of carbonyl (C=O) groups excluding carboxylic acids is 1. The van der Waals surface area contributed by atoms with Gasteiger partial charge in [0.2, 0.25) is 5.91 Å². The lowest BCUT2D eigenvalue weighted by Crippen LogP contribution is -2.26. The van der Waals surface area contributed by atoms with Crippen LogP contribution in [0.25, 0.3) is 5.65 Å². The summed E-state index contributed by atoms with van der Waals surface area (Å²) in [6, 6.07) is 7.74. The highest BCUT2D eigenvalue weighted by molar-refractivity contribution is 5.79. The molecule has 3 aromatic heterocycles. The Labute approximate surface area is 151 Å². The Morgan fingerprint density at radius 3 is 2.92 bits per heavy atom. The lowest BCUT2D eigenvalue weighted by Gasteiger charge is -2.25. The second kappa shape index (κ2) is 6.70. The molecule has 1 N–H and O–H groups in total. The molecule has 8 heteroatoms. The third-order valence-electron chi connectivity index (χ3n) is 4.91. The quantitative estimate of drug-likeness (QED) is 0.753. The van der Waals surface area contributed by atoms with Gasteiger partial charge < -0.3 is 10.2 Å². The van der Waals surface area contributed by atoms with E-state index >= 15 is 0 Å². The normalized spacial score (nSPS) is 20.1. The maximum atomic E-state index is 12.2. The van der Waals surface area contributed by atoms with E-state index in [2.05, 4.69) is 25.6 Å². The number of aromatic nitrogens is 5. The number of hydrogen-bond donors (Lipinski definition) is 1. The summed E-state index contributed by atoms with van der Waals surface area (Å²) in [5.74, 6) is 1.88. The molecule has 1 fully saturated rings. The second-order valence-electron chi connectivity index (χ2n) is 6.54. The van der Waals surface area contributed by atoms with Crippen molar-refractivity contribution in [1.29, 1.82) is 0 Å². The Morgan fingerprint density at radius 1 is 1.27 bits per heavy atom. The van der Waals surface area contributed by atoms with E-state index < -0.39 is 0 Å². The van der Waals surface area contributed by atoms with Crippen molar-refractivity contribution in [2.45, 2.75) is 25.8 Å². The minimum absolute atomic E-state index is 0.0218. The largest absolute Gasteiger partial charge is 0.368 e. The van der Waals surface area contributed by atoms with Gasteiger partial charge in [0.1, 0.15) is 5.82 Å². The molecule has 2 atom stereocenters. The molecular weight excluding hydrogens is 330 g/mol. The van der Waals surface area contributed by atoms with Crippen LogP contribution in [0.1, 0.15) is 30.8 Å². The number of nitrogens with zero attached hydrogens (tertiary/aromatic N) is 6. The summed E-state index contributed by atoms with van der Waals surface area (Å²) in [4.78, 5) is 18.3. The molecule has 0 saturated carbocycles. The summed E-state index contributed by atoms with van der Waals surface area (Å²) in [7, 11) is 1.86. The van der Waals surface area contributed by atoms with E-state index in [1.807, 2.05) is 49.3 Å². The third kappa shape index (κ3) is 2.87. The predicted molar refractivity (Wildman–Crippen MR) is 96.5 cm³/mol. The topological polar surface area (TPSA) is 88.3 Å². The van der Waals surface area contributed by atoms with Gasteiger partial charge in [-0.15, -0.1) is 15.3 Å². The van der Waals surface area contributed by atoms with Crippen molar-refractivity contribution in [2.75, 3.05) is 18.9 Å². The lowest BCUT2D eigenvalue weighted by molar-refractivity contribution is -0.127. The molecule has 1 aliphatic heterocycles. The summed E-state index contributed by atoms with van der Waals surface area (Å²) < 4.78 is 1.76. The van der Waals surface area contributed by atoms with Crippen molar-refractivity contribution in [3.05, 3.63) is 48.0 Å². The molecule has 0 aromatic carbocycles. The van der Waals surface area contributed by atoms with Crippen LogP contribution in [0, 0.1) is 5.92 Å². The Bertz CT molecular complexity index is 924. The average molecular weight is 351 g/mol. The smallest absolute Gasteiger partial charge is 0.223 e. The third-order valence-corrected chi connectivity index (χ3v) is 4.91. The summed E-state index contributed by atoms with van der Waals surface area (Å²) >= 11 is 0. The highest BCUT2D eigenvalue weighted by Crippen LogP contribution is 2.36. The van der Waals surface area contributed by atoms with Crippen LogP contribution in [0.5, 0.6) is 0 Å². The van der Waals surface area contributed by atoms with Crippen LogP contribution in [0.3, 0.4) is 0 Å². The summed E-state index contributed by atoms with van der Waals surface area (Å²) in [5.41, 5.74) is 1.79. The zero-order valence-electron chi connectivity index (χ0n) is 14.8. The molecular formula is C18H21N7O.